The van der Waals surface area contributed by atoms with Gasteiger partial charge in [0.05, 0.1) is 6.10 Å². The number of rotatable bonds is 3. The van der Waals surface area contributed by atoms with E-state index in [1.807, 2.05) is 6.07 Å². The smallest absolute Gasteiger partial charge is 0.132 e. The van der Waals surface area contributed by atoms with Crippen LogP contribution in [-0.2, 0) is 6.42 Å². The van der Waals surface area contributed by atoms with Crippen LogP contribution in [0, 0.1) is 0 Å². The van der Waals surface area contributed by atoms with Crippen LogP contribution in [0.5, 0.6) is 0 Å². The Balaban J connectivity index is 2.09. The van der Waals surface area contributed by atoms with Crippen molar-refractivity contribution in [1.82, 2.24) is 9.97 Å². The number of hydrogen-bond acceptors (Lipinski definition) is 4. The molecular formula is C12H19N3O. The summed E-state index contributed by atoms with van der Waals surface area (Å²) < 4.78 is 0. The van der Waals surface area contributed by atoms with E-state index in [9.17, 15) is 5.11 Å². The minimum Gasteiger partial charge on any atom is -0.391 e. The van der Waals surface area contributed by atoms with Crippen LogP contribution in [0.15, 0.2) is 12.4 Å². The van der Waals surface area contributed by atoms with Gasteiger partial charge in [-0.1, -0.05) is 13.3 Å². The molecule has 0 spiro atoms. The zero-order valence-electron chi connectivity index (χ0n) is 9.76. The molecule has 0 aromatic carbocycles. The molecule has 2 heterocycles. The zero-order chi connectivity index (χ0) is 11.4. The standard InChI is InChI=1S/C12H19N3O/c1-2-4-10-7-12(14-9-13-10)15-6-3-5-11(16)8-15/h7,9,11,16H,2-6,8H2,1H3/t11-/m0/s1. The van der Waals surface area contributed by atoms with Crippen LogP contribution in [0.2, 0.25) is 0 Å². The summed E-state index contributed by atoms with van der Waals surface area (Å²) in [6.45, 7) is 3.83. The highest BCUT2D eigenvalue weighted by molar-refractivity contribution is 5.39. The third kappa shape index (κ3) is 2.70. The SMILES string of the molecule is CCCc1cc(N2CCC[C@H](O)C2)ncn1. The topological polar surface area (TPSA) is 49.2 Å². The maximum atomic E-state index is 9.63. The van der Waals surface area contributed by atoms with Gasteiger partial charge in [0.15, 0.2) is 0 Å². The predicted octanol–water partition coefficient (Wildman–Crippen LogP) is 1.39. The second kappa shape index (κ2) is 5.25. The van der Waals surface area contributed by atoms with Gasteiger partial charge in [-0.2, -0.15) is 0 Å². The van der Waals surface area contributed by atoms with Crippen LogP contribution in [0.3, 0.4) is 0 Å². The third-order valence-electron chi connectivity index (χ3n) is 2.94. The molecule has 0 saturated carbocycles. The first kappa shape index (κ1) is 11.3. The number of hydrogen-bond donors (Lipinski definition) is 1. The first-order valence-electron chi connectivity index (χ1n) is 6.03. The van der Waals surface area contributed by atoms with Gasteiger partial charge in [-0.15, -0.1) is 0 Å². The first-order valence-corrected chi connectivity index (χ1v) is 6.03. The van der Waals surface area contributed by atoms with E-state index in [0.717, 1.165) is 43.7 Å². The van der Waals surface area contributed by atoms with Gasteiger partial charge in [0.1, 0.15) is 12.1 Å². The second-order valence-corrected chi connectivity index (χ2v) is 4.36. The van der Waals surface area contributed by atoms with Crippen molar-refractivity contribution in [3.63, 3.8) is 0 Å². The molecule has 16 heavy (non-hydrogen) atoms. The molecule has 2 rings (SSSR count). The number of aliphatic hydroxyl groups is 1. The highest BCUT2D eigenvalue weighted by Crippen LogP contribution is 2.18. The third-order valence-corrected chi connectivity index (χ3v) is 2.94. The Labute approximate surface area is 96.3 Å². The second-order valence-electron chi connectivity index (χ2n) is 4.36. The lowest BCUT2D eigenvalue weighted by molar-refractivity contribution is 0.154. The Kier molecular flexibility index (Phi) is 3.72. The van der Waals surface area contributed by atoms with E-state index in [0.29, 0.717) is 6.54 Å². The molecule has 1 fully saturated rings. The van der Waals surface area contributed by atoms with E-state index >= 15 is 0 Å². The van der Waals surface area contributed by atoms with E-state index < -0.39 is 0 Å². The van der Waals surface area contributed by atoms with Crippen molar-refractivity contribution in [3.05, 3.63) is 18.1 Å². The molecule has 1 N–H and O–H groups in total. The van der Waals surface area contributed by atoms with Gasteiger partial charge in [0.2, 0.25) is 0 Å². The first-order chi connectivity index (χ1) is 7.79. The van der Waals surface area contributed by atoms with Crippen LogP contribution in [0.25, 0.3) is 0 Å². The summed E-state index contributed by atoms with van der Waals surface area (Å²) in [6.07, 6.45) is 5.45. The van der Waals surface area contributed by atoms with Crippen molar-refractivity contribution in [3.8, 4) is 0 Å². The van der Waals surface area contributed by atoms with Gasteiger partial charge >= 0.3 is 0 Å². The summed E-state index contributed by atoms with van der Waals surface area (Å²) in [6, 6.07) is 2.04. The molecule has 1 aliphatic heterocycles. The number of aryl methyl sites for hydroxylation is 1. The van der Waals surface area contributed by atoms with Gasteiger partial charge in [-0.25, -0.2) is 9.97 Å². The number of anilines is 1. The van der Waals surface area contributed by atoms with Crippen LogP contribution in [-0.4, -0.2) is 34.3 Å². The minimum absolute atomic E-state index is 0.210. The van der Waals surface area contributed by atoms with Gasteiger partial charge in [0, 0.05) is 24.8 Å². The lowest BCUT2D eigenvalue weighted by Crippen LogP contribution is -2.38. The van der Waals surface area contributed by atoms with Crippen molar-refractivity contribution in [2.45, 2.75) is 38.7 Å². The fourth-order valence-corrected chi connectivity index (χ4v) is 2.11. The number of piperidine rings is 1. The van der Waals surface area contributed by atoms with Gasteiger partial charge in [0.25, 0.3) is 0 Å². The molecule has 0 amide bonds. The van der Waals surface area contributed by atoms with Gasteiger partial charge < -0.3 is 10.0 Å². The average molecular weight is 221 g/mol. The zero-order valence-corrected chi connectivity index (χ0v) is 9.76. The normalized spacial score (nSPS) is 21.1. The van der Waals surface area contributed by atoms with Crippen molar-refractivity contribution in [1.29, 1.82) is 0 Å². The summed E-state index contributed by atoms with van der Waals surface area (Å²) in [5.74, 6) is 0.956. The lowest BCUT2D eigenvalue weighted by atomic mass is 10.1. The molecule has 0 radical (unpaired) electrons. The van der Waals surface area contributed by atoms with Gasteiger partial charge in [-0.3, -0.25) is 0 Å². The van der Waals surface area contributed by atoms with E-state index in [1.54, 1.807) is 6.33 Å². The molecule has 0 bridgehead atoms. The number of aliphatic hydroxyl groups excluding tert-OH is 1. The molecule has 1 atom stereocenters. The maximum absolute atomic E-state index is 9.63. The van der Waals surface area contributed by atoms with Gasteiger partial charge in [-0.05, 0) is 19.3 Å². The Bertz CT molecular complexity index is 343. The maximum Gasteiger partial charge on any atom is 0.132 e. The molecule has 1 aromatic heterocycles. The molecule has 1 saturated heterocycles. The molecular weight excluding hydrogens is 202 g/mol. The van der Waals surface area contributed by atoms with Crippen molar-refractivity contribution in [2.75, 3.05) is 18.0 Å². The number of nitrogens with zero attached hydrogens (tertiary/aromatic N) is 3. The summed E-state index contributed by atoms with van der Waals surface area (Å²) >= 11 is 0. The highest BCUT2D eigenvalue weighted by atomic mass is 16.3. The molecule has 0 unspecified atom stereocenters. The predicted molar refractivity (Wildman–Crippen MR) is 63.5 cm³/mol. The summed E-state index contributed by atoms with van der Waals surface area (Å²) in [5.41, 5.74) is 1.09. The minimum atomic E-state index is -0.210. The van der Waals surface area contributed by atoms with E-state index in [-0.39, 0.29) is 6.10 Å². The monoisotopic (exact) mass is 221 g/mol. The average Bonchev–Trinajstić information content (AvgIpc) is 2.30. The van der Waals surface area contributed by atoms with Crippen LogP contribution >= 0.6 is 0 Å². The van der Waals surface area contributed by atoms with Crippen LogP contribution < -0.4 is 4.90 Å². The van der Waals surface area contributed by atoms with Crippen molar-refractivity contribution >= 4 is 5.82 Å². The van der Waals surface area contributed by atoms with Crippen LogP contribution in [0.1, 0.15) is 31.9 Å². The molecule has 4 nitrogen and oxygen atoms in total. The van der Waals surface area contributed by atoms with Crippen molar-refractivity contribution < 1.29 is 5.11 Å². The fourth-order valence-electron chi connectivity index (χ4n) is 2.11. The molecule has 1 aliphatic rings. The Morgan fingerprint density at radius 1 is 1.50 bits per heavy atom. The quantitative estimate of drug-likeness (QED) is 0.838. The Morgan fingerprint density at radius 3 is 3.12 bits per heavy atom. The molecule has 88 valence electrons. The summed E-state index contributed by atoms with van der Waals surface area (Å²) in [4.78, 5) is 10.7. The van der Waals surface area contributed by atoms with Crippen LogP contribution in [0.4, 0.5) is 5.82 Å². The summed E-state index contributed by atoms with van der Waals surface area (Å²) in [5, 5.41) is 9.63. The number of β-amino-alcohol motifs (C(OH)–C–C–N with tert-alkyl or cyclic N) is 1. The van der Waals surface area contributed by atoms with E-state index in [4.69, 9.17) is 0 Å². The highest BCUT2D eigenvalue weighted by Gasteiger charge is 2.18. The van der Waals surface area contributed by atoms with E-state index in [2.05, 4.69) is 21.8 Å². The van der Waals surface area contributed by atoms with Crippen molar-refractivity contribution in [2.24, 2.45) is 0 Å². The molecule has 4 heteroatoms. The largest absolute Gasteiger partial charge is 0.391 e. The Hall–Kier alpha value is -1.16. The molecule has 1 aromatic rings. The molecule has 0 aliphatic carbocycles. The summed E-state index contributed by atoms with van der Waals surface area (Å²) in [7, 11) is 0. The lowest BCUT2D eigenvalue weighted by Gasteiger charge is -2.31. The Morgan fingerprint density at radius 2 is 2.38 bits per heavy atom. The number of aromatic nitrogens is 2. The van der Waals surface area contributed by atoms with E-state index in [1.165, 1.54) is 0 Å². The fraction of sp³-hybridized carbons (Fsp3) is 0.667.